The maximum Gasteiger partial charge on any atom is 0.227 e. The van der Waals surface area contributed by atoms with E-state index >= 15 is 0 Å². The summed E-state index contributed by atoms with van der Waals surface area (Å²) in [4.78, 5) is 12.5. The van der Waals surface area contributed by atoms with Gasteiger partial charge in [-0.15, -0.1) is 0 Å². The van der Waals surface area contributed by atoms with Crippen LogP contribution in [0.1, 0.15) is 11.3 Å². The van der Waals surface area contributed by atoms with Crippen molar-refractivity contribution >= 4 is 5.91 Å². The van der Waals surface area contributed by atoms with E-state index in [-0.39, 0.29) is 24.2 Å². The van der Waals surface area contributed by atoms with Crippen LogP contribution in [0.15, 0.2) is 53.1 Å². The van der Waals surface area contributed by atoms with E-state index in [1.54, 1.807) is 25.3 Å². The van der Waals surface area contributed by atoms with Crippen LogP contribution in [0.5, 0.6) is 11.5 Å². The molecular weight excluding hydrogens is 363 g/mol. The Bertz CT molecular complexity index is 984. The molecule has 0 saturated heterocycles. The van der Waals surface area contributed by atoms with E-state index in [2.05, 4.69) is 10.5 Å². The number of hydrogen-bond acceptors (Lipinski definition) is 5. The fourth-order valence-electron chi connectivity index (χ4n) is 3.12. The Hall–Kier alpha value is -3.35. The van der Waals surface area contributed by atoms with Gasteiger partial charge in [-0.3, -0.25) is 4.79 Å². The molecule has 144 valence electrons. The van der Waals surface area contributed by atoms with Gasteiger partial charge in [-0.1, -0.05) is 11.2 Å². The SMILES string of the molecule is COc1ccc2c(c1)OC[C@@H](C(=O)NCc1cc(-c3ccc(F)cc3)no1)C2. The number of nitrogens with zero attached hydrogens (tertiary/aromatic N) is 1. The number of methoxy groups -OCH3 is 1. The second-order valence-electron chi connectivity index (χ2n) is 6.59. The van der Waals surface area contributed by atoms with Gasteiger partial charge >= 0.3 is 0 Å². The molecule has 7 heteroatoms. The molecule has 28 heavy (non-hydrogen) atoms. The fourth-order valence-corrected chi connectivity index (χ4v) is 3.12. The molecule has 4 rings (SSSR count). The van der Waals surface area contributed by atoms with Gasteiger partial charge in [-0.05, 0) is 42.3 Å². The molecule has 1 amide bonds. The van der Waals surface area contributed by atoms with Gasteiger partial charge in [0.2, 0.25) is 5.91 Å². The van der Waals surface area contributed by atoms with Gasteiger partial charge < -0.3 is 19.3 Å². The molecule has 0 bridgehead atoms. The van der Waals surface area contributed by atoms with Crippen LogP contribution in [-0.2, 0) is 17.8 Å². The summed E-state index contributed by atoms with van der Waals surface area (Å²) in [5.41, 5.74) is 2.31. The first kappa shape index (κ1) is 18.0. The predicted molar refractivity (Wildman–Crippen MR) is 99.4 cm³/mol. The van der Waals surface area contributed by atoms with Gasteiger partial charge in [0.05, 0.1) is 19.6 Å². The third-order valence-corrected chi connectivity index (χ3v) is 4.69. The Morgan fingerprint density at radius 1 is 1.25 bits per heavy atom. The van der Waals surface area contributed by atoms with Crippen molar-refractivity contribution in [1.29, 1.82) is 0 Å². The molecule has 0 spiro atoms. The van der Waals surface area contributed by atoms with Crippen molar-refractivity contribution in [2.75, 3.05) is 13.7 Å². The lowest BCUT2D eigenvalue weighted by Gasteiger charge is -2.24. The Labute approximate surface area is 161 Å². The highest BCUT2D eigenvalue weighted by Gasteiger charge is 2.26. The number of halogens is 1. The van der Waals surface area contributed by atoms with Crippen LogP contribution in [-0.4, -0.2) is 24.8 Å². The normalized spacial score (nSPS) is 15.4. The van der Waals surface area contributed by atoms with E-state index in [9.17, 15) is 9.18 Å². The van der Waals surface area contributed by atoms with Gasteiger partial charge in [-0.2, -0.15) is 0 Å². The summed E-state index contributed by atoms with van der Waals surface area (Å²) >= 11 is 0. The standard InChI is InChI=1S/C21H19FN2O4/c1-26-17-7-4-14-8-15(12-27-20(14)10-17)21(25)23-11-18-9-19(24-28-18)13-2-5-16(22)6-3-13/h2-7,9-10,15H,8,11-12H2,1H3,(H,23,25)/t15-/m0/s1. The van der Waals surface area contributed by atoms with Crippen molar-refractivity contribution < 1.29 is 23.2 Å². The minimum atomic E-state index is -0.311. The Morgan fingerprint density at radius 2 is 2.07 bits per heavy atom. The van der Waals surface area contributed by atoms with Crippen LogP contribution in [0.25, 0.3) is 11.3 Å². The van der Waals surface area contributed by atoms with Crippen molar-refractivity contribution in [3.05, 3.63) is 65.7 Å². The quantitative estimate of drug-likeness (QED) is 0.733. The minimum Gasteiger partial charge on any atom is -0.497 e. The molecule has 1 aliphatic heterocycles. The molecule has 2 heterocycles. The lowest BCUT2D eigenvalue weighted by molar-refractivity contribution is -0.126. The van der Waals surface area contributed by atoms with Crippen LogP contribution in [0, 0.1) is 11.7 Å². The van der Waals surface area contributed by atoms with Crippen molar-refractivity contribution in [2.45, 2.75) is 13.0 Å². The smallest absolute Gasteiger partial charge is 0.227 e. The topological polar surface area (TPSA) is 73.6 Å². The molecule has 1 aromatic heterocycles. The summed E-state index contributed by atoms with van der Waals surface area (Å²) in [7, 11) is 1.60. The van der Waals surface area contributed by atoms with Crippen molar-refractivity contribution in [1.82, 2.24) is 10.5 Å². The molecule has 6 nitrogen and oxygen atoms in total. The van der Waals surface area contributed by atoms with Crippen LogP contribution in [0.3, 0.4) is 0 Å². The number of carbonyl (C=O) groups excluding carboxylic acids is 1. The number of benzene rings is 2. The zero-order valence-electron chi connectivity index (χ0n) is 15.3. The first-order chi connectivity index (χ1) is 13.6. The number of amides is 1. The largest absolute Gasteiger partial charge is 0.497 e. The Balaban J connectivity index is 1.35. The van der Waals surface area contributed by atoms with E-state index in [1.165, 1.54) is 12.1 Å². The average molecular weight is 382 g/mol. The zero-order valence-corrected chi connectivity index (χ0v) is 15.3. The molecule has 1 N–H and O–H groups in total. The van der Waals surface area contributed by atoms with Gasteiger partial charge in [0.25, 0.3) is 0 Å². The molecule has 1 aliphatic rings. The molecule has 0 unspecified atom stereocenters. The van der Waals surface area contributed by atoms with E-state index in [0.29, 0.717) is 24.5 Å². The Morgan fingerprint density at radius 3 is 2.86 bits per heavy atom. The fraction of sp³-hybridized carbons (Fsp3) is 0.238. The summed E-state index contributed by atoms with van der Waals surface area (Å²) in [5, 5.41) is 6.83. The molecule has 0 fully saturated rings. The predicted octanol–water partition coefficient (Wildman–Crippen LogP) is 3.36. The number of nitrogens with one attached hydrogen (secondary N) is 1. The second kappa shape index (κ2) is 7.72. The lowest BCUT2D eigenvalue weighted by Crippen LogP contribution is -2.36. The second-order valence-corrected chi connectivity index (χ2v) is 6.59. The third-order valence-electron chi connectivity index (χ3n) is 4.69. The highest BCUT2D eigenvalue weighted by atomic mass is 19.1. The molecular formula is C21H19FN2O4. The molecule has 2 aromatic carbocycles. The summed E-state index contributed by atoms with van der Waals surface area (Å²) in [6.07, 6.45) is 0.600. The summed E-state index contributed by atoms with van der Waals surface area (Å²) in [6.45, 7) is 0.530. The highest BCUT2D eigenvalue weighted by molar-refractivity contribution is 5.79. The van der Waals surface area contributed by atoms with Crippen molar-refractivity contribution in [3.63, 3.8) is 0 Å². The van der Waals surface area contributed by atoms with E-state index in [1.807, 2.05) is 18.2 Å². The van der Waals surface area contributed by atoms with Gasteiger partial charge in [-0.25, -0.2) is 4.39 Å². The van der Waals surface area contributed by atoms with Gasteiger partial charge in [0.1, 0.15) is 29.6 Å². The molecule has 0 saturated carbocycles. The number of carbonyl (C=O) groups is 1. The zero-order chi connectivity index (χ0) is 19.5. The van der Waals surface area contributed by atoms with E-state index < -0.39 is 0 Å². The molecule has 0 radical (unpaired) electrons. The first-order valence-electron chi connectivity index (χ1n) is 8.91. The maximum absolute atomic E-state index is 13.0. The molecule has 0 aliphatic carbocycles. The molecule has 3 aromatic rings. The Kier molecular flexibility index (Phi) is 4.97. The van der Waals surface area contributed by atoms with E-state index in [4.69, 9.17) is 14.0 Å². The summed E-state index contributed by atoms with van der Waals surface area (Å²) < 4.78 is 29.2. The van der Waals surface area contributed by atoms with Gasteiger partial charge in [0, 0.05) is 17.7 Å². The monoisotopic (exact) mass is 382 g/mol. The number of rotatable bonds is 5. The van der Waals surface area contributed by atoms with Crippen LogP contribution < -0.4 is 14.8 Å². The van der Waals surface area contributed by atoms with Crippen LogP contribution >= 0.6 is 0 Å². The number of fused-ring (bicyclic) bond motifs is 1. The van der Waals surface area contributed by atoms with Crippen LogP contribution in [0.2, 0.25) is 0 Å². The molecule has 1 atom stereocenters. The number of aromatic nitrogens is 1. The third kappa shape index (κ3) is 3.83. The number of hydrogen-bond donors (Lipinski definition) is 1. The average Bonchev–Trinajstić information content (AvgIpc) is 3.20. The van der Waals surface area contributed by atoms with Gasteiger partial charge in [0.15, 0.2) is 5.76 Å². The highest BCUT2D eigenvalue weighted by Crippen LogP contribution is 2.31. The van der Waals surface area contributed by atoms with E-state index in [0.717, 1.165) is 22.6 Å². The van der Waals surface area contributed by atoms with Crippen molar-refractivity contribution in [3.8, 4) is 22.8 Å². The maximum atomic E-state index is 13.0. The number of ether oxygens (including phenoxy) is 2. The summed E-state index contributed by atoms with van der Waals surface area (Å²) in [5.74, 6) is 1.30. The minimum absolute atomic E-state index is 0.110. The van der Waals surface area contributed by atoms with Crippen LogP contribution in [0.4, 0.5) is 4.39 Å². The van der Waals surface area contributed by atoms with Crippen molar-refractivity contribution in [2.24, 2.45) is 5.92 Å². The lowest BCUT2D eigenvalue weighted by atomic mass is 9.96. The first-order valence-corrected chi connectivity index (χ1v) is 8.91. The summed E-state index contributed by atoms with van der Waals surface area (Å²) in [6, 6.07) is 13.3.